The van der Waals surface area contributed by atoms with Gasteiger partial charge in [-0.25, -0.2) is 0 Å². The minimum absolute atomic E-state index is 0.112. The number of carbonyl (C=O) groups is 1. The number of halogens is 3. The van der Waals surface area contributed by atoms with Crippen molar-refractivity contribution in [3.05, 3.63) is 35.4 Å². The molecule has 1 amide bonds. The van der Waals surface area contributed by atoms with Gasteiger partial charge in [0, 0.05) is 6.54 Å². The molecular formula is C14H17F3N2O. The molecule has 110 valence electrons. The van der Waals surface area contributed by atoms with E-state index in [4.69, 9.17) is 0 Å². The molecule has 1 aliphatic rings. The number of alkyl halides is 3. The third-order valence-corrected chi connectivity index (χ3v) is 3.35. The van der Waals surface area contributed by atoms with Crippen LogP contribution in [0.25, 0.3) is 0 Å². The smallest absolute Gasteiger partial charge is 0.351 e. The molecule has 0 spiro atoms. The molecule has 1 saturated heterocycles. The summed E-state index contributed by atoms with van der Waals surface area (Å²) in [6.07, 6.45) is -1.54. The standard InChI is InChI=1S/C14H17F3N2O/c15-14(16,17)11-5-3-4-10(8-11)9-19-13(20)12-6-1-2-7-18-12/h3-5,8,12,18H,1-2,6-7,9H2,(H,19,20). The Labute approximate surface area is 115 Å². The molecule has 0 saturated carbocycles. The quantitative estimate of drug-likeness (QED) is 0.896. The van der Waals surface area contributed by atoms with Crippen molar-refractivity contribution in [2.75, 3.05) is 6.54 Å². The maximum absolute atomic E-state index is 12.6. The molecule has 1 fully saturated rings. The first-order valence-corrected chi connectivity index (χ1v) is 6.64. The highest BCUT2D eigenvalue weighted by Crippen LogP contribution is 2.29. The van der Waals surface area contributed by atoms with Crippen molar-refractivity contribution >= 4 is 5.91 Å². The van der Waals surface area contributed by atoms with Crippen molar-refractivity contribution in [3.8, 4) is 0 Å². The van der Waals surface area contributed by atoms with E-state index in [1.54, 1.807) is 6.07 Å². The van der Waals surface area contributed by atoms with E-state index >= 15 is 0 Å². The van der Waals surface area contributed by atoms with Crippen LogP contribution in [-0.4, -0.2) is 18.5 Å². The number of nitrogens with one attached hydrogen (secondary N) is 2. The minimum Gasteiger partial charge on any atom is -0.351 e. The van der Waals surface area contributed by atoms with Crippen molar-refractivity contribution in [1.82, 2.24) is 10.6 Å². The second-order valence-corrected chi connectivity index (χ2v) is 4.92. The number of carbonyl (C=O) groups excluding carboxylic acids is 1. The lowest BCUT2D eigenvalue weighted by molar-refractivity contribution is -0.137. The highest BCUT2D eigenvalue weighted by Gasteiger charge is 2.30. The van der Waals surface area contributed by atoms with Crippen LogP contribution in [-0.2, 0) is 17.5 Å². The van der Waals surface area contributed by atoms with Crippen molar-refractivity contribution in [1.29, 1.82) is 0 Å². The summed E-state index contributed by atoms with van der Waals surface area (Å²) in [5.41, 5.74) is -0.246. The first-order chi connectivity index (χ1) is 9.47. The summed E-state index contributed by atoms with van der Waals surface area (Å²) < 4.78 is 37.7. The Balaban J connectivity index is 1.92. The van der Waals surface area contributed by atoms with Crippen LogP contribution in [0.5, 0.6) is 0 Å². The number of hydrogen-bond donors (Lipinski definition) is 2. The third kappa shape index (κ3) is 3.96. The summed E-state index contributed by atoms with van der Waals surface area (Å²) >= 11 is 0. The fraction of sp³-hybridized carbons (Fsp3) is 0.500. The van der Waals surface area contributed by atoms with Gasteiger partial charge in [-0.3, -0.25) is 4.79 Å². The van der Waals surface area contributed by atoms with Crippen LogP contribution in [0.4, 0.5) is 13.2 Å². The molecule has 1 atom stereocenters. The first-order valence-electron chi connectivity index (χ1n) is 6.64. The normalized spacial score (nSPS) is 19.6. The Bertz CT molecular complexity index is 468. The average Bonchev–Trinajstić information content (AvgIpc) is 2.45. The van der Waals surface area contributed by atoms with Gasteiger partial charge in [0.25, 0.3) is 0 Å². The number of piperidine rings is 1. The monoisotopic (exact) mass is 286 g/mol. The van der Waals surface area contributed by atoms with Crippen LogP contribution in [0.1, 0.15) is 30.4 Å². The van der Waals surface area contributed by atoms with E-state index < -0.39 is 11.7 Å². The molecule has 0 aromatic heterocycles. The van der Waals surface area contributed by atoms with Gasteiger partial charge in [0.1, 0.15) is 0 Å². The molecule has 0 bridgehead atoms. The van der Waals surface area contributed by atoms with Crippen molar-refractivity contribution < 1.29 is 18.0 Å². The lowest BCUT2D eigenvalue weighted by atomic mass is 10.0. The maximum Gasteiger partial charge on any atom is 0.416 e. The fourth-order valence-electron chi connectivity index (χ4n) is 2.25. The number of hydrogen-bond acceptors (Lipinski definition) is 2. The zero-order chi connectivity index (χ0) is 14.6. The van der Waals surface area contributed by atoms with E-state index in [1.165, 1.54) is 6.07 Å². The average molecular weight is 286 g/mol. The first kappa shape index (κ1) is 14.8. The largest absolute Gasteiger partial charge is 0.416 e. The molecular weight excluding hydrogens is 269 g/mol. The topological polar surface area (TPSA) is 41.1 Å². The third-order valence-electron chi connectivity index (χ3n) is 3.35. The Kier molecular flexibility index (Phi) is 4.65. The number of amides is 1. The summed E-state index contributed by atoms with van der Waals surface area (Å²) in [5, 5.41) is 5.78. The summed E-state index contributed by atoms with van der Waals surface area (Å²) in [6, 6.07) is 4.78. The molecule has 2 rings (SSSR count). The van der Waals surface area contributed by atoms with E-state index in [9.17, 15) is 18.0 Å². The minimum atomic E-state index is -4.36. The molecule has 1 heterocycles. The van der Waals surface area contributed by atoms with Crippen LogP contribution in [0.15, 0.2) is 24.3 Å². The summed E-state index contributed by atoms with van der Waals surface area (Å²) in [6.45, 7) is 0.919. The molecule has 0 aliphatic carbocycles. The molecule has 0 radical (unpaired) electrons. The Morgan fingerprint density at radius 2 is 2.15 bits per heavy atom. The second kappa shape index (κ2) is 6.26. The Morgan fingerprint density at radius 3 is 2.80 bits per heavy atom. The van der Waals surface area contributed by atoms with Gasteiger partial charge in [0.2, 0.25) is 5.91 Å². The molecule has 1 aromatic carbocycles. The van der Waals surface area contributed by atoms with Crippen LogP contribution < -0.4 is 10.6 Å². The van der Waals surface area contributed by atoms with Gasteiger partial charge in [0.05, 0.1) is 11.6 Å². The zero-order valence-electron chi connectivity index (χ0n) is 11.0. The molecule has 1 unspecified atom stereocenters. The highest BCUT2D eigenvalue weighted by molar-refractivity contribution is 5.81. The van der Waals surface area contributed by atoms with Crippen molar-refractivity contribution in [2.24, 2.45) is 0 Å². The van der Waals surface area contributed by atoms with Crippen molar-refractivity contribution in [2.45, 2.75) is 38.0 Å². The van der Waals surface area contributed by atoms with Gasteiger partial charge in [-0.1, -0.05) is 18.6 Å². The second-order valence-electron chi connectivity index (χ2n) is 4.92. The van der Waals surface area contributed by atoms with E-state index in [2.05, 4.69) is 10.6 Å². The number of rotatable bonds is 3. The van der Waals surface area contributed by atoms with Gasteiger partial charge in [0.15, 0.2) is 0 Å². The van der Waals surface area contributed by atoms with Gasteiger partial charge in [-0.05, 0) is 37.1 Å². The van der Waals surface area contributed by atoms with Crippen LogP contribution >= 0.6 is 0 Å². The highest BCUT2D eigenvalue weighted by atomic mass is 19.4. The predicted octanol–water partition coefficient (Wildman–Crippen LogP) is 2.46. The van der Waals surface area contributed by atoms with Gasteiger partial charge in [-0.2, -0.15) is 13.2 Å². The van der Waals surface area contributed by atoms with Crippen LogP contribution in [0.2, 0.25) is 0 Å². The summed E-state index contributed by atoms with van der Waals surface area (Å²) in [5.74, 6) is -0.151. The molecule has 6 heteroatoms. The molecule has 1 aromatic rings. The van der Waals surface area contributed by atoms with Crippen molar-refractivity contribution in [3.63, 3.8) is 0 Å². The van der Waals surface area contributed by atoms with E-state index in [0.717, 1.165) is 37.9 Å². The number of benzene rings is 1. The predicted molar refractivity (Wildman–Crippen MR) is 68.9 cm³/mol. The van der Waals surface area contributed by atoms with Gasteiger partial charge in [-0.15, -0.1) is 0 Å². The molecule has 2 N–H and O–H groups in total. The van der Waals surface area contributed by atoms with Gasteiger partial charge >= 0.3 is 6.18 Å². The summed E-state index contributed by atoms with van der Waals surface area (Å²) in [7, 11) is 0. The Hall–Kier alpha value is -1.56. The van der Waals surface area contributed by atoms with E-state index in [-0.39, 0.29) is 18.5 Å². The van der Waals surface area contributed by atoms with Crippen LogP contribution in [0, 0.1) is 0 Å². The van der Waals surface area contributed by atoms with E-state index in [1.807, 2.05) is 0 Å². The van der Waals surface area contributed by atoms with Crippen LogP contribution in [0.3, 0.4) is 0 Å². The molecule has 20 heavy (non-hydrogen) atoms. The molecule has 1 aliphatic heterocycles. The van der Waals surface area contributed by atoms with E-state index in [0.29, 0.717) is 5.56 Å². The lowest BCUT2D eigenvalue weighted by Gasteiger charge is -2.22. The molecule has 3 nitrogen and oxygen atoms in total. The maximum atomic E-state index is 12.6. The zero-order valence-corrected chi connectivity index (χ0v) is 11.0. The lowest BCUT2D eigenvalue weighted by Crippen LogP contribution is -2.46. The summed E-state index contributed by atoms with van der Waals surface area (Å²) in [4.78, 5) is 11.9. The SMILES string of the molecule is O=C(NCc1cccc(C(F)(F)F)c1)C1CCCCN1. The van der Waals surface area contributed by atoms with Gasteiger partial charge < -0.3 is 10.6 Å². The Morgan fingerprint density at radius 1 is 1.35 bits per heavy atom. The fourth-order valence-corrected chi connectivity index (χ4v) is 2.25.